The molecule has 0 radical (unpaired) electrons. The zero-order valence-corrected chi connectivity index (χ0v) is 10.6. The summed E-state index contributed by atoms with van der Waals surface area (Å²) >= 11 is 0. The molecule has 0 aromatic heterocycles. The fourth-order valence-corrected chi connectivity index (χ4v) is 1.40. The number of benzene rings is 1. The van der Waals surface area contributed by atoms with Crippen molar-refractivity contribution in [3.8, 4) is 18.1 Å². The van der Waals surface area contributed by atoms with Gasteiger partial charge in [0, 0.05) is 6.54 Å². The number of terminal acetylenes is 1. The summed E-state index contributed by atoms with van der Waals surface area (Å²) in [6.45, 7) is 1.64. The lowest BCUT2D eigenvalue weighted by molar-refractivity contribution is 0.0293. The minimum Gasteiger partial charge on any atom is -0.497 e. The van der Waals surface area contributed by atoms with E-state index in [1.807, 2.05) is 24.3 Å². The summed E-state index contributed by atoms with van der Waals surface area (Å²) in [6.07, 6.45) is 4.53. The van der Waals surface area contributed by atoms with Crippen LogP contribution < -0.4 is 10.1 Å². The minimum atomic E-state index is -0.545. The van der Waals surface area contributed by atoms with Crippen LogP contribution in [0.3, 0.4) is 0 Å². The molecule has 4 nitrogen and oxygen atoms in total. The number of ether oxygens (including phenoxy) is 2. The lowest BCUT2D eigenvalue weighted by Gasteiger charge is -2.11. The standard InChI is InChI=1S/C14H19NO3/c1-3-8-15-9-13(16)11-18-10-12-4-6-14(17-2)7-5-12/h1,4-7,13,15-16H,8-11H2,2H3/t13-/m0/s1. The van der Waals surface area contributed by atoms with Gasteiger partial charge < -0.3 is 19.9 Å². The number of aliphatic hydroxyl groups excluding tert-OH is 1. The van der Waals surface area contributed by atoms with Gasteiger partial charge in [0.1, 0.15) is 5.75 Å². The molecule has 0 saturated heterocycles. The second-order valence-electron chi connectivity index (χ2n) is 3.85. The summed E-state index contributed by atoms with van der Waals surface area (Å²) in [7, 11) is 1.63. The van der Waals surface area contributed by atoms with Crippen LogP contribution in [-0.4, -0.2) is 38.0 Å². The smallest absolute Gasteiger partial charge is 0.118 e. The first kappa shape index (κ1) is 14.5. The first-order valence-electron chi connectivity index (χ1n) is 5.79. The van der Waals surface area contributed by atoms with Gasteiger partial charge in [0.2, 0.25) is 0 Å². The highest BCUT2D eigenvalue weighted by atomic mass is 16.5. The lowest BCUT2D eigenvalue weighted by Crippen LogP contribution is -2.30. The first-order chi connectivity index (χ1) is 8.76. The molecule has 0 aliphatic rings. The van der Waals surface area contributed by atoms with E-state index in [4.69, 9.17) is 15.9 Å². The highest BCUT2D eigenvalue weighted by Crippen LogP contribution is 2.11. The SMILES string of the molecule is C#CCNC[C@H](O)COCc1ccc(OC)cc1. The third-order valence-electron chi connectivity index (χ3n) is 2.35. The first-order valence-corrected chi connectivity index (χ1v) is 5.79. The van der Waals surface area contributed by atoms with E-state index in [1.165, 1.54) is 0 Å². The summed E-state index contributed by atoms with van der Waals surface area (Å²) < 4.78 is 10.5. The number of aliphatic hydroxyl groups is 1. The Kier molecular flexibility index (Phi) is 6.89. The molecule has 98 valence electrons. The highest BCUT2D eigenvalue weighted by Gasteiger charge is 2.03. The molecule has 0 spiro atoms. The topological polar surface area (TPSA) is 50.7 Å². The molecule has 0 amide bonds. The van der Waals surface area contributed by atoms with Gasteiger partial charge in [-0.05, 0) is 17.7 Å². The van der Waals surface area contributed by atoms with Crippen molar-refractivity contribution in [2.75, 3.05) is 26.8 Å². The van der Waals surface area contributed by atoms with Gasteiger partial charge in [-0.15, -0.1) is 6.42 Å². The fraction of sp³-hybridized carbons (Fsp3) is 0.429. The molecule has 0 aliphatic carbocycles. The van der Waals surface area contributed by atoms with Crippen molar-refractivity contribution in [2.24, 2.45) is 0 Å². The molecule has 4 heteroatoms. The number of hydrogen-bond acceptors (Lipinski definition) is 4. The monoisotopic (exact) mass is 249 g/mol. The van der Waals surface area contributed by atoms with Crippen LogP contribution in [0.5, 0.6) is 5.75 Å². The Labute approximate surface area is 108 Å². The predicted molar refractivity (Wildman–Crippen MR) is 70.4 cm³/mol. The van der Waals surface area contributed by atoms with Crippen LogP contribution in [0.1, 0.15) is 5.56 Å². The molecule has 0 fully saturated rings. The summed E-state index contributed by atoms with van der Waals surface area (Å²) in [5.74, 6) is 3.26. The maximum atomic E-state index is 9.56. The van der Waals surface area contributed by atoms with Crippen molar-refractivity contribution in [3.63, 3.8) is 0 Å². The maximum Gasteiger partial charge on any atom is 0.118 e. The van der Waals surface area contributed by atoms with Gasteiger partial charge in [-0.25, -0.2) is 0 Å². The molecule has 0 saturated carbocycles. The van der Waals surface area contributed by atoms with E-state index in [9.17, 15) is 5.11 Å². The third-order valence-corrected chi connectivity index (χ3v) is 2.35. The summed E-state index contributed by atoms with van der Waals surface area (Å²) in [5.41, 5.74) is 1.04. The van der Waals surface area contributed by atoms with Gasteiger partial charge in [0.15, 0.2) is 0 Å². The Morgan fingerprint density at radius 2 is 2.11 bits per heavy atom. The lowest BCUT2D eigenvalue weighted by atomic mass is 10.2. The van der Waals surface area contributed by atoms with Crippen molar-refractivity contribution in [1.82, 2.24) is 5.32 Å². The van der Waals surface area contributed by atoms with Crippen LogP contribution in [0.15, 0.2) is 24.3 Å². The molecular weight excluding hydrogens is 230 g/mol. The van der Waals surface area contributed by atoms with E-state index in [0.717, 1.165) is 11.3 Å². The minimum absolute atomic E-state index is 0.281. The Morgan fingerprint density at radius 3 is 2.72 bits per heavy atom. The van der Waals surface area contributed by atoms with Gasteiger partial charge in [0.25, 0.3) is 0 Å². The molecule has 1 atom stereocenters. The molecule has 1 aromatic rings. The van der Waals surface area contributed by atoms with Gasteiger partial charge in [-0.2, -0.15) is 0 Å². The van der Waals surface area contributed by atoms with Gasteiger partial charge >= 0.3 is 0 Å². The second-order valence-corrected chi connectivity index (χ2v) is 3.85. The highest BCUT2D eigenvalue weighted by molar-refractivity contribution is 5.26. The van der Waals surface area contributed by atoms with Crippen molar-refractivity contribution in [3.05, 3.63) is 29.8 Å². The molecule has 0 unspecified atom stereocenters. The number of hydrogen-bond donors (Lipinski definition) is 2. The van der Waals surface area contributed by atoms with Gasteiger partial charge in [-0.1, -0.05) is 18.1 Å². The molecule has 2 N–H and O–H groups in total. The van der Waals surface area contributed by atoms with Crippen LogP contribution in [0, 0.1) is 12.3 Å². The van der Waals surface area contributed by atoms with Gasteiger partial charge in [-0.3, -0.25) is 0 Å². The van der Waals surface area contributed by atoms with Crippen molar-refractivity contribution in [1.29, 1.82) is 0 Å². The van der Waals surface area contributed by atoms with Gasteiger partial charge in [0.05, 0.1) is 33.0 Å². The van der Waals surface area contributed by atoms with Crippen LogP contribution in [0.4, 0.5) is 0 Å². The normalized spacial score (nSPS) is 11.8. The molecule has 1 rings (SSSR count). The Hall–Kier alpha value is -1.54. The average Bonchev–Trinajstić information content (AvgIpc) is 2.40. The summed E-state index contributed by atoms with van der Waals surface area (Å²) in [5, 5.41) is 12.5. The molecule has 0 bridgehead atoms. The Morgan fingerprint density at radius 1 is 1.39 bits per heavy atom. The molecule has 0 heterocycles. The largest absolute Gasteiger partial charge is 0.497 e. The van der Waals surface area contributed by atoms with Crippen LogP contribution in [0.25, 0.3) is 0 Å². The van der Waals surface area contributed by atoms with Crippen LogP contribution >= 0.6 is 0 Å². The number of methoxy groups -OCH3 is 1. The summed E-state index contributed by atoms with van der Waals surface area (Å²) in [4.78, 5) is 0. The predicted octanol–water partition coefficient (Wildman–Crippen LogP) is 0.795. The van der Waals surface area contributed by atoms with E-state index in [0.29, 0.717) is 19.7 Å². The van der Waals surface area contributed by atoms with E-state index in [-0.39, 0.29) is 6.61 Å². The van der Waals surface area contributed by atoms with Crippen molar-refractivity contribution >= 4 is 0 Å². The number of nitrogens with one attached hydrogen (secondary N) is 1. The number of rotatable bonds is 8. The van der Waals surface area contributed by atoms with E-state index in [2.05, 4.69) is 11.2 Å². The molecule has 18 heavy (non-hydrogen) atoms. The molecular formula is C14H19NO3. The maximum absolute atomic E-state index is 9.56. The zero-order chi connectivity index (χ0) is 13.2. The Balaban J connectivity index is 2.18. The Bertz CT molecular complexity index is 370. The molecule has 0 aliphatic heterocycles. The fourth-order valence-electron chi connectivity index (χ4n) is 1.40. The van der Waals surface area contributed by atoms with Crippen LogP contribution in [0.2, 0.25) is 0 Å². The zero-order valence-electron chi connectivity index (χ0n) is 10.6. The van der Waals surface area contributed by atoms with E-state index >= 15 is 0 Å². The third kappa shape index (κ3) is 5.69. The van der Waals surface area contributed by atoms with Crippen molar-refractivity contribution < 1.29 is 14.6 Å². The average molecular weight is 249 g/mol. The van der Waals surface area contributed by atoms with E-state index < -0.39 is 6.10 Å². The van der Waals surface area contributed by atoms with Crippen molar-refractivity contribution in [2.45, 2.75) is 12.7 Å². The van der Waals surface area contributed by atoms with Crippen LogP contribution in [-0.2, 0) is 11.3 Å². The second kappa shape index (κ2) is 8.54. The molecule has 1 aromatic carbocycles. The quantitative estimate of drug-likeness (QED) is 0.528. The van der Waals surface area contributed by atoms with E-state index in [1.54, 1.807) is 7.11 Å². The summed E-state index contributed by atoms with van der Waals surface area (Å²) in [6, 6.07) is 7.62.